The average Bonchev–Trinajstić information content (AvgIpc) is 2.52. The van der Waals surface area contributed by atoms with Crippen molar-refractivity contribution in [3.63, 3.8) is 0 Å². The Balaban J connectivity index is 5.01. The second-order valence-electron chi connectivity index (χ2n) is 4.49. The Kier molecular flexibility index (Phi) is 11.6. The molecule has 134 valence electrons. The number of carbonyl (C=O) groups is 2. The van der Waals surface area contributed by atoms with Crippen LogP contribution in [0.25, 0.3) is 0 Å². The second-order valence-corrected chi connectivity index (χ2v) is 7.22. The van der Waals surface area contributed by atoms with Crippen molar-refractivity contribution in [1.82, 2.24) is 0 Å². The van der Waals surface area contributed by atoms with E-state index < -0.39 is 26.8 Å². The van der Waals surface area contributed by atoms with Crippen molar-refractivity contribution in [2.75, 3.05) is 26.4 Å². The van der Waals surface area contributed by atoms with Gasteiger partial charge in [0.25, 0.3) is 0 Å². The Morgan fingerprint density at radius 2 is 1.65 bits per heavy atom. The summed E-state index contributed by atoms with van der Waals surface area (Å²) in [6.45, 7) is 11.5. The Morgan fingerprint density at radius 1 is 1.04 bits per heavy atom. The SMILES string of the molecule is C=CC(=O)OC(CO[Si](CCC)(OCC)OCC)C(=O)OCC. The molecule has 0 aliphatic carbocycles. The molecule has 0 aromatic rings. The van der Waals surface area contributed by atoms with Crippen LogP contribution in [-0.2, 0) is 32.3 Å². The third kappa shape index (κ3) is 8.26. The molecule has 1 atom stereocenters. The summed E-state index contributed by atoms with van der Waals surface area (Å²) in [6.07, 6.45) is 0.613. The van der Waals surface area contributed by atoms with Crippen molar-refractivity contribution >= 4 is 20.7 Å². The van der Waals surface area contributed by atoms with Gasteiger partial charge >= 0.3 is 20.7 Å². The van der Waals surface area contributed by atoms with E-state index in [1.807, 2.05) is 20.8 Å². The van der Waals surface area contributed by atoms with Gasteiger partial charge < -0.3 is 22.8 Å². The second kappa shape index (κ2) is 12.2. The Bertz CT molecular complexity index is 356. The zero-order chi connectivity index (χ0) is 17.7. The lowest BCUT2D eigenvalue weighted by Gasteiger charge is -2.29. The molecule has 0 amide bonds. The molecule has 0 aliphatic heterocycles. The van der Waals surface area contributed by atoms with Gasteiger partial charge in [-0.1, -0.05) is 19.9 Å². The quantitative estimate of drug-likeness (QED) is 0.286. The maximum absolute atomic E-state index is 11.9. The van der Waals surface area contributed by atoms with Crippen LogP contribution < -0.4 is 0 Å². The Hall–Kier alpha value is -1.22. The minimum absolute atomic E-state index is 0.176. The van der Waals surface area contributed by atoms with Crippen molar-refractivity contribution in [3.8, 4) is 0 Å². The molecule has 0 fully saturated rings. The maximum Gasteiger partial charge on any atom is 0.501 e. The van der Waals surface area contributed by atoms with Gasteiger partial charge in [-0.15, -0.1) is 0 Å². The lowest BCUT2D eigenvalue weighted by atomic mass is 10.4. The fourth-order valence-electron chi connectivity index (χ4n) is 1.86. The molecule has 0 radical (unpaired) electrons. The highest BCUT2D eigenvalue weighted by Gasteiger charge is 2.41. The van der Waals surface area contributed by atoms with E-state index >= 15 is 0 Å². The molecule has 0 aliphatic rings. The molecule has 0 spiro atoms. The molecular formula is C15H28O7Si. The first-order valence-corrected chi connectivity index (χ1v) is 9.83. The van der Waals surface area contributed by atoms with Gasteiger partial charge in [0.05, 0.1) is 13.2 Å². The highest BCUT2D eigenvalue weighted by Crippen LogP contribution is 2.19. The summed E-state index contributed by atoms with van der Waals surface area (Å²) in [4.78, 5) is 23.3. The predicted molar refractivity (Wildman–Crippen MR) is 86.8 cm³/mol. The van der Waals surface area contributed by atoms with Crippen molar-refractivity contribution in [2.24, 2.45) is 0 Å². The van der Waals surface area contributed by atoms with Crippen LogP contribution >= 0.6 is 0 Å². The first-order valence-electron chi connectivity index (χ1n) is 7.90. The summed E-state index contributed by atoms with van der Waals surface area (Å²) in [5.41, 5.74) is 0. The van der Waals surface area contributed by atoms with Crippen LogP contribution in [0.4, 0.5) is 0 Å². The lowest BCUT2D eigenvalue weighted by molar-refractivity contribution is -0.167. The van der Waals surface area contributed by atoms with Crippen LogP contribution in [0.5, 0.6) is 0 Å². The van der Waals surface area contributed by atoms with E-state index in [9.17, 15) is 9.59 Å². The van der Waals surface area contributed by atoms with Crippen LogP contribution in [0.2, 0.25) is 6.04 Å². The van der Waals surface area contributed by atoms with Gasteiger partial charge in [-0.25, -0.2) is 9.59 Å². The number of rotatable bonds is 13. The van der Waals surface area contributed by atoms with E-state index in [1.54, 1.807) is 6.92 Å². The van der Waals surface area contributed by atoms with Gasteiger partial charge in [0.1, 0.15) is 0 Å². The molecule has 0 rings (SSSR count). The van der Waals surface area contributed by atoms with Crippen molar-refractivity contribution < 1.29 is 32.3 Å². The number of esters is 2. The Labute approximate surface area is 139 Å². The molecular weight excluding hydrogens is 320 g/mol. The summed E-state index contributed by atoms with van der Waals surface area (Å²) in [6, 6.07) is 0.611. The number of hydrogen-bond acceptors (Lipinski definition) is 7. The summed E-state index contributed by atoms with van der Waals surface area (Å²) in [5, 5.41) is 0. The maximum atomic E-state index is 11.9. The highest BCUT2D eigenvalue weighted by atomic mass is 28.4. The molecule has 0 saturated heterocycles. The van der Waals surface area contributed by atoms with Gasteiger partial charge in [-0.2, -0.15) is 0 Å². The monoisotopic (exact) mass is 348 g/mol. The van der Waals surface area contributed by atoms with Crippen LogP contribution in [0, 0.1) is 0 Å². The van der Waals surface area contributed by atoms with Gasteiger partial charge in [-0.05, 0) is 20.8 Å². The fraction of sp³-hybridized carbons (Fsp3) is 0.733. The molecule has 0 aromatic carbocycles. The summed E-state index contributed by atoms with van der Waals surface area (Å²) in [7, 11) is -2.91. The fourth-order valence-corrected chi connectivity index (χ4v) is 4.44. The van der Waals surface area contributed by atoms with E-state index in [2.05, 4.69) is 6.58 Å². The standard InChI is InChI=1S/C15H28O7Si/c1-6-11-23(19-9-4,20-10-5)21-12-13(15(17)18-8-3)22-14(16)7-2/h7,13H,2,6,8-12H2,1,3-5H3. The molecule has 0 saturated carbocycles. The topological polar surface area (TPSA) is 80.3 Å². The molecule has 0 aromatic heterocycles. The average molecular weight is 348 g/mol. The number of hydrogen-bond donors (Lipinski definition) is 0. The van der Waals surface area contributed by atoms with Gasteiger partial charge in [0, 0.05) is 25.3 Å². The highest BCUT2D eigenvalue weighted by molar-refractivity contribution is 6.60. The third-order valence-electron chi connectivity index (χ3n) is 2.71. The van der Waals surface area contributed by atoms with E-state index in [1.165, 1.54) is 0 Å². The first kappa shape index (κ1) is 21.8. The molecule has 7 nitrogen and oxygen atoms in total. The van der Waals surface area contributed by atoms with Crippen LogP contribution in [-0.4, -0.2) is 53.3 Å². The van der Waals surface area contributed by atoms with E-state index in [0.717, 1.165) is 12.5 Å². The Morgan fingerprint density at radius 3 is 2.09 bits per heavy atom. The smallest absolute Gasteiger partial charge is 0.463 e. The minimum atomic E-state index is -2.91. The molecule has 0 heterocycles. The van der Waals surface area contributed by atoms with Gasteiger partial charge in [-0.3, -0.25) is 0 Å². The van der Waals surface area contributed by atoms with Gasteiger partial charge in [0.15, 0.2) is 0 Å². The largest absolute Gasteiger partial charge is 0.501 e. The number of carbonyl (C=O) groups excluding carboxylic acids is 2. The summed E-state index contributed by atoms with van der Waals surface area (Å²) >= 11 is 0. The lowest BCUT2D eigenvalue weighted by Crippen LogP contribution is -2.48. The molecule has 8 heteroatoms. The zero-order valence-corrected chi connectivity index (χ0v) is 15.5. The first-order chi connectivity index (χ1) is 11.0. The van der Waals surface area contributed by atoms with Gasteiger partial charge in [0.2, 0.25) is 6.10 Å². The molecule has 0 N–H and O–H groups in total. The van der Waals surface area contributed by atoms with Crippen molar-refractivity contribution in [2.45, 2.75) is 46.3 Å². The van der Waals surface area contributed by atoms with Crippen LogP contribution in [0.15, 0.2) is 12.7 Å². The zero-order valence-electron chi connectivity index (χ0n) is 14.5. The van der Waals surface area contributed by atoms with Crippen LogP contribution in [0.3, 0.4) is 0 Å². The summed E-state index contributed by atoms with van der Waals surface area (Å²) < 4.78 is 27.1. The van der Waals surface area contributed by atoms with E-state index in [-0.39, 0.29) is 13.2 Å². The van der Waals surface area contributed by atoms with E-state index in [0.29, 0.717) is 19.3 Å². The third-order valence-corrected chi connectivity index (χ3v) is 5.89. The molecule has 23 heavy (non-hydrogen) atoms. The van der Waals surface area contributed by atoms with E-state index in [4.69, 9.17) is 22.8 Å². The van der Waals surface area contributed by atoms with Crippen molar-refractivity contribution in [3.05, 3.63) is 12.7 Å². The summed E-state index contributed by atoms with van der Waals surface area (Å²) in [5.74, 6) is -1.39. The van der Waals surface area contributed by atoms with Crippen molar-refractivity contribution in [1.29, 1.82) is 0 Å². The molecule has 0 bridgehead atoms. The number of ether oxygens (including phenoxy) is 2. The van der Waals surface area contributed by atoms with Crippen LogP contribution in [0.1, 0.15) is 34.1 Å². The minimum Gasteiger partial charge on any atom is -0.463 e. The predicted octanol–water partition coefficient (Wildman–Crippen LogP) is 2.09. The molecule has 1 unspecified atom stereocenters. The normalized spacial score (nSPS) is 12.5.